The monoisotopic (exact) mass is 345 g/mol. The highest BCUT2D eigenvalue weighted by Gasteiger charge is 2.40. The van der Waals surface area contributed by atoms with Gasteiger partial charge in [0.15, 0.2) is 0 Å². The number of amides is 1. The molecule has 1 aromatic heterocycles. The molecular weight excluding hydrogens is 324 g/mol. The Bertz CT molecular complexity index is 794. The lowest BCUT2D eigenvalue weighted by Crippen LogP contribution is -2.62. The average molecular weight is 345 g/mol. The lowest BCUT2D eigenvalue weighted by atomic mass is 9.79. The van der Waals surface area contributed by atoms with Gasteiger partial charge in [0, 0.05) is 29.4 Å². The molecule has 4 heterocycles. The molecule has 132 valence electrons. The maximum absolute atomic E-state index is 13.9. The molecule has 3 saturated heterocycles. The molecule has 0 aliphatic carbocycles. The molecule has 2 unspecified atom stereocenters. The molecule has 4 nitrogen and oxygen atoms in total. The van der Waals surface area contributed by atoms with Crippen molar-refractivity contribution >= 4 is 5.91 Å². The summed E-state index contributed by atoms with van der Waals surface area (Å²) in [6, 6.07) is 7.17. The average Bonchev–Trinajstić information content (AvgIpc) is 3.08. The number of carbonyl (C=O) groups is 1. The number of fused-ring (bicyclic) bond motifs is 3. The highest BCUT2D eigenvalue weighted by Crippen LogP contribution is 2.32. The molecule has 2 bridgehead atoms. The second-order valence-corrected chi connectivity index (χ2v) is 7.02. The molecule has 1 aromatic carbocycles. The Morgan fingerprint density at radius 1 is 1.20 bits per heavy atom. The van der Waals surface area contributed by atoms with Crippen molar-refractivity contribution in [1.82, 2.24) is 15.2 Å². The van der Waals surface area contributed by atoms with Crippen LogP contribution >= 0.6 is 0 Å². The van der Waals surface area contributed by atoms with Gasteiger partial charge in [0.25, 0.3) is 5.91 Å². The van der Waals surface area contributed by atoms with Gasteiger partial charge in [-0.25, -0.2) is 8.78 Å². The molecule has 6 heteroatoms. The number of nitrogens with zero attached hydrogens (tertiary/aromatic N) is 1. The first kappa shape index (κ1) is 16.3. The molecule has 5 rings (SSSR count). The van der Waals surface area contributed by atoms with E-state index in [2.05, 4.69) is 22.1 Å². The number of hydrogen-bond acceptors (Lipinski definition) is 2. The number of H-pyrrole nitrogens is 1. The van der Waals surface area contributed by atoms with Crippen LogP contribution in [0.3, 0.4) is 0 Å². The minimum absolute atomic E-state index is 0.143. The summed E-state index contributed by atoms with van der Waals surface area (Å²) in [6.45, 7) is 4.37. The summed E-state index contributed by atoms with van der Waals surface area (Å²) in [5.41, 5.74) is 1.10. The van der Waals surface area contributed by atoms with Crippen LogP contribution in [-0.4, -0.2) is 41.0 Å². The quantitative estimate of drug-likeness (QED) is 0.898. The maximum Gasteiger partial charge on any atom is 0.267 e. The van der Waals surface area contributed by atoms with Crippen LogP contribution in [0.5, 0.6) is 0 Å². The summed E-state index contributed by atoms with van der Waals surface area (Å²) in [4.78, 5) is 18.0. The summed E-state index contributed by atoms with van der Waals surface area (Å²) in [5.74, 6) is -0.936. The number of carbonyl (C=O) groups excluding carboxylic acids is 1. The molecule has 1 amide bonds. The summed E-state index contributed by atoms with van der Waals surface area (Å²) in [5, 5.41) is 3.14. The number of halogens is 2. The smallest absolute Gasteiger partial charge is 0.267 e. The van der Waals surface area contributed by atoms with Crippen molar-refractivity contribution in [2.45, 2.75) is 31.8 Å². The molecule has 3 aliphatic rings. The fraction of sp³-hybridized carbons (Fsp3) is 0.421. The molecule has 3 fully saturated rings. The van der Waals surface area contributed by atoms with Crippen molar-refractivity contribution in [1.29, 1.82) is 0 Å². The number of rotatable bonds is 3. The second-order valence-electron chi connectivity index (χ2n) is 7.02. The van der Waals surface area contributed by atoms with Crippen LogP contribution in [-0.2, 0) is 0 Å². The third-order valence-corrected chi connectivity index (χ3v) is 5.63. The van der Waals surface area contributed by atoms with E-state index < -0.39 is 11.6 Å². The Hall–Kier alpha value is -2.21. The predicted octanol–water partition coefficient (Wildman–Crippen LogP) is 3.17. The first-order chi connectivity index (χ1) is 12.0. The van der Waals surface area contributed by atoms with E-state index in [1.807, 2.05) is 0 Å². The molecule has 2 atom stereocenters. The van der Waals surface area contributed by atoms with E-state index >= 15 is 0 Å². The maximum atomic E-state index is 13.9. The van der Waals surface area contributed by atoms with E-state index in [1.165, 1.54) is 12.1 Å². The molecular formula is C19H21F2N3O. The van der Waals surface area contributed by atoms with Gasteiger partial charge in [-0.05, 0) is 63.0 Å². The predicted molar refractivity (Wildman–Crippen MR) is 91.2 cm³/mol. The Morgan fingerprint density at radius 3 is 2.64 bits per heavy atom. The van der Waals surface area contributed by atoms with Crippen LogP contribution < -0.4 is 5.32 Å². The molecule has 25 heavy (non-hydrogen) atoms. The van der Waals surface area contributed by atoms with Gasteiger partial charge < -0.3 is 10.3 Å². The molecule has 2 aromatic rings. The molecule has 0 radical (unpaired) electrons. The van der Waals surface area contributed by atoms with Gasteiger partial charge in [0.05, 0.1) is 0 Å². The highest BCUT2D eigenvalue weighted by atomic mass is 19.1. The van der Waals surface area contributed by atoms with Gasteiger partial charge in [-0.15, -0.1) is 0 Å². The van der Waals surface area contributed by atoms with Crippen molar-refractivity contribution in [3.05, 3.63) is 47.7 Å². The van der Waals surface area contributed by atoms with E-state index in [0.717, 1.165) is 32.0 Å². The van der Waals surface area contributed by atoms with Gasteiger partial charge >= 0.3 is 0 Å². The van der Waals surface area contributed by atoms with Crippen molar-refractivity contribution in [3.63, 3.8) is 0 Å². The van der Waals surface area contributed by atoms with Crippen molar-refractivity contribution in [3.8, 4) is 11.3 Å². The number of nitrogens with one attached hydrogen (secondary N) is 2. The van der Waals surface area contributed by atoms with E-state index in [9.17, 15) is 13.6 Å². The fourth-order valence-corrected chi connectivity index (χ4v) is 4.17. The summed E-state index contributed by atoms with van der Waals surface area (Å²) in [6.07, 6.45) is 2.23. The number of benzene rings is 1. The van der Waals surface area contributed by atoms with Gasteiger partial charge in [-0.1, -0.05) is 0 Å². The van der Waals surface area contributed by atoms with E-state index in [-0.39, 0.29) is 17.5 Å². The second kappa shape index (κ2) is 6.26. The van der Waals surface area contributed by atoms with Crippen molar-refractivity contribution < 1.29 is 13.6 Å². The van der Waals surface area contributed by atoms with Crippen molar-refractivity contribution in [2.24, 2.45) is 5.92 Å². The summed E-state index contributed by atoms with van der Waals surface area (Å²) >= 11 is 0. The first-order valence-electron chi connectivity index (χ1n) is 8.72. The number of aromatic nitrogens is 1. The third kappa shape index (κ3) is 2.95. The first-order valence-corrected chi connectivity index (χ1v) is 8.72. The highest BCUT2D eigenvalue weighted by molar-refractivity contribution is 5.93. The fourth-order valence-electron chi connectivity index (χ4n) is 4.17. The number of aromatic amines is 1. The Morgan fingerprint density at radius 2 is 1.96 bits per heavy atom. The van der Waals surface area contributed by atoms with Crippen molar-refractivity contribution in [2.75, 3.05) is 13.1 Å². The van der Waals surface area contributed by atoms with Gasteiger partial charge in [0.1, 0.15) is 17.3 Å². The Kier molecular flexibility index (Phi) is 4.07. The van der Waals surface area contributed by atoms with E-state index in [1.54, 1.807) is 12.1 Å². The van der Waals surface area contributed by atoms with Crippen LogP contribution in [0.25, 0.3) is 11.3 Å². The van der Waals surface area contributed by atoms with Crippen LogP contribution in [0.15, 0.2) is 30.3 Å². The van der Waals surface area contributed by atoms with Gasteiger partial charge in [0.2, 0.25) is 0 Å². The van der Waals surface area contributed by atoms with E-state index in [0.29, 0.717) is 23.3 Å². The number of hydrogen-bond donors (Lipinski definition) is 2. The lowest BCUT2D eigenvalue weighted by Gasteiger charge is -2.49. The standard InChI is InChI=1S/C19H21F2N3O/c1-11-18(12-6-8-24(11)9-7-12)23-19(25)17-5-4-16(22-17)14-3-2-13(20)10-15(14)21/h2-5,10-12,18,22H,6-9H2,1H3,(H,23,25). The minimum atomic E-state index is -0.653. The van der Waals surface area contributed by atoms with Crippen LogP contribution in [0.1, 0.15) is 30.3 Å². The molecule has 3 aliphatic heterocycles. The molecule has 0 spiro atoms. The molecule has 0 saturated carbocycles. The largest absolute Gasteiger partial charge is 0.350 e. The Labute approximate surface area is 145 Å². The van der Waals surface area contributed by atoms with Crippen LogP contribution in [0, 0.1) is 17.6 Å². The van der Waals surface area contributed by atoms with Gasteiger partial charge in [-0.3, -0.25) is 9.69 Å². The molecule has 2 N–H and O–H groups in total. The van der Waals surface area contributed by atoms with E-state index in [4.69, 9.17) is 0 Å². The third-order valence-electron chi connectivity index (χ3n) is 5.63. The summed E-state index contributed by atoms with van der Waals surface area (Å²) < 4.78 is 27.0. The topological polar surface area (TPSA) is 48.1 Å². The van der Waals surface area contributed by atoms with Crippen LogP contribution in [0.4, 0.5) is 8.78 Å². The zero-order chi connectivity index (χ0) is 17.6. The Balaban J connectivity index is 1.51. The number of piperidine rings is 3. The lowest BCUT2D eigenvalue weighted by molar-refractivity contribution is 0.0216. The summed E-state index contributed by atoms with van der Waals surface area (Å²) in [7, 11) is 0. The SMILES string of the molecule is CC1C(NC(=O)c2ccc(-c3ccc(F)cc3F)[nH]2)C2CCN1CC2. The normalized spacial score (nSPS) is 28.1. The van der Waals surface area contributed by atoms with Crippen LogP contribution in [0.2, 0.25) is 0 Å². The minimum Gasteiger partial charge on any atom is -0.350 e. The van der Waals surface area contributed by atoms with Gasteiger partial charge in [-0.2, -0.15) is 0 Å². The zero-order valence-electron chi connectivity index (χ0n) is 14.1. The zero-order valence-corrected chi connectivity index (χ0v) is 14.1.